The minimum absolute atomic E-state index is 0.453. The van der Waals surface area contributed by atoms with Gasteiger partial charge in [0.25, 0.3) is 0 Å². The van der Waals surface area contributed by atoms with E-state index in [2.05, 4.69) is 31.3 Å². The van der Waals surface area contributed by atoms with Crippen LogP contribution in [0.3, 0.4) is 0 Å². The zero-order valence-electron chi connectivity index (χ0n) is 11.9. The van der Waals surface area contributed by atoms with Gasteiger partial charge >= 0.3 is 0 Å². The van der Waals surface area contributed by atoms with Gasteiger partial charge < -0.3 is 14.8 Å². The molecule has 0 spiro atoms. The first-order valence-corrected chi connectivity index (χ1v) is 7.43. The van der Waals surface area contributed by atoms with E-state index in [1.165, 1.54) is 24.0 Å². The van der Waals surface area contributed by atoms with Crippen molar-refractivity contribution in [3.8, 4) is 11.5 Å². The molecule has 3 nitrogen and oxygen atoms in total. The summed E-state index contributed by atoms with van der Waals surface area (Å²) in [6.07, 6.45) is 3.44. The Labute approximate surface area is 115 Å². The molecule has 1 aromatic carbocycles. The third-order valence-corrected chi connectivity index (χ3v) is 4.00. The third-order valence-electron chi connectivity index (χ3n) is 4.00. The van der Waals surface area contributed by atoms with E-state index in [-0.39, 0.29) is 0 Å². The summed E-state index contributed by atoms with van der Waals surface area (Å²) in [5, 5.41) is 3.59. The van der Waals surface area contributed by atoms with Crippen LogP contribution in [0.5, 0.6) is 11.5 Å². The van der Waals surface area contributed by atoms with Crippen LogP contribution in [-0.2, 0) is 0 Å². The lowest BCUT2D eigenvalue weighted by atomic mass is 9.90. The highest BCUT2D eigenvalue weighted by atomic mass is 16.5. The van der Waals surface area contributed by atoms with Gasteiger partial charge in [-0.05, 0) is 36.9 Å². The Balaban J connectivity index is 2.06. The highest BCUT2D eigenvalue weighted by molar-refractivity contribution is 5.53. The average Bonchev–Trinajstić information content (AvgIpc) is 2.82. The van der Waals surface area contributed by atoms with Crippen LogP contribution in [0.4, 0.5) is 0 Å². The highest BCUT2D eigenvalue weighted by Gasteiger charge is 2.26. The van der Waals surface area contributed by atoms with E-state index in [0.717, 1.165) is 37.7 Å². The quantitative estimate of drug-likeness (QED) is 0.885. The number of nitrogens with one attached hydrogen (secondary N) is 1. The van der Waals surface area contributed by atoms with E-state index in [1.807, 2.05) is 0 Å². The molecule has 2 aliphatic rings. The molecule has 104 valence electrons. The molecule has 2 aliphatic heterocycles. The molecule has 0 radical (unpaired) electrons. The normalized spacial score (nSPS) is 22.6. The summed E-state index contributed by atoms with van der Waals surface area (Å²) in [7, 11) is 0. The van der Waals surface area contributed by atoms with Gasteiger partial charge in [-0.3, -0.25) is 0 Å². The van der Waals surface area contributed by atoms with E-state index in [9.17, 15) is 0 Å². The van der Waals surface area contributed by atoms with Gasteiger partial charge in [0.1, 0.15) is 0 Å². The van der Waals surface area contributed by atoms with Gasteiger partial charge in [0.05, 0.1) is 13.2 Å². The number of benzene rings is 1. The SMILES string of the molecule is CC(C)c1c(C2CCCN2)ccc2c1OCCCO2. The molecule has 3 rings (SSSR count). The summed E-state index contributed by atoms with van der Waals surface area (Å²) in [6, 6.07) is 4.79. The molecule has 0 bridgehead atoms. The fourth-order valence-electron chi connectivity index (χ4n) is 3.12. The smallest absolute Gasteiger partial charge is 0.164 e. The second-order valence-electron chi connectivity index (χ2n) is 5.75. The lowest BCUT2D eigenvalue weighted by Crippen LogP contribution is -2.16. The summed E-state index contributed by atoms with van der Waals surface area (Å²) < 4.78 is 11.8. The monoisotopic (exact) mass is 261 g/mol. The van der Waals surface area contributed by atoms with Gasteiger partial charge in [0.15, 0.2) is 11.5 Å². The van der Waals surface area contributed by atoms with Gasteiger partial charge in [0, 0.05) is 18.0 Å². The number of fused-ring (bicyclic) bond motifs is 1. The average molecular weight is 261 g/mol. The Hall–Kier alpha value is -1.22. The van der Waals surface area contributed by atoms with Crippen molar-refractivity contribution in [2.24, 2.45) is 0 Å². The molecule has 1 fully saturated rings. The Morgan fingerprint density at radius 3 is 2.74 bits per heavy atom. The van der Waals surface area contributed by atoms with E-state index in [4.69, 9.17) is 9.47 Å². The molecule has 1 saturated heterocycles. The summed E-state index contributed by atoms with van der Waals surface area (Å²) >= 11 is 0. The summed E-state index contributed by atoms with van der Waals surface area (Å²) in [6.45, 7) is 7.11. The van der Waals surface area contributed by atoms with Gasteiger partial charge in [-0.25, -0.2) is 0 Å². The number of hydrogen-bond acceptors (Lipinski definition) is 3. The zero-order chi connectivity index (χ0) is 13.2. The van der Waals surface area contributed by atoms with Crippen molar-refractivity contribution in [3.05, 3.63) is 23.3 Å². The number of ether oxygens (including phenoxy) is 2. The molecule has 0 aliphatic carbocycles. The topological polar surface area (TPSA) is 30.5 Å². The van der Waals surface area contributed by atoms with E-state index >= 15 is 0 Å². The van der Waals surface area contributed by atoms with Crippen LogP contribution in [-0.4, -0.2) is 19.8 Å². The van der Waals surface area contributed by atoms with Gasteiger partial charge in [-0.1, -0.05) is 19.9 Å². The van der Waals surface area contributed by atoms with Crippen LogP contribution in [0.1, 0.15) is 56.2 Å². The minimum atomic E-state index is 0.453. The van der Waals surface area contributed by atoms with Crippen LogP contribution >= 0.6 is 0 Å². The van der Waals surface area contributed by atoms with Crippen molar-refractivity contribution in [1.29, 1.82) is 0 Å². The van der Waals surface area contributed by atoms with Crippen LogP contribution < -0.4 is 14.8 Å². The lowest BCUT2D eigenvalue weighted by molar-refractivity contribution is 0.295. The maximum Gasteiger partial charge on any atom is 0.164 e. The molecular weight excluding hydrogens is 238 g/mol. The molecule has 19 heavy (non-hydrogen) atoms. The summed E-state index contributed by atoms with van der Waals surface area (Å²) in [4.78, 5) is 0. The Morgan fingerprint density at radius 2 is 2.00 bits per heavy atom. The van der Waals surface area contributed by atoms with Crippen molar-refractivity contribution in [2.45, 2.75) is 45.1 Å². The summed E-state index contributed by atoms with van der Waals surface area (Å²) in [5.41, 5.74) is 2.73. The van der Waals surface area contributed by atoms with Crippen molar-refractivity contribution in [2.75, 3.05) is 19.8 Å². The van der Waals surface area contributed by atoms with E-state index in [1.54, 1.807) is 0 Å². The first-order valence-electron chi connectivity index (χ1n) is 7.43. The maximum absolute atomic E-state index is 5.99. The number of hydrogen-bond donors (Lipinski definition) is 1. The largest absolute Gasteiger partial charge is 0.490 e. The summed E-state index contributed by atoms with van der Waals surface area (Å²) in [5.74, 6) is 2.36. The van der Waals surface area contributed by atoms with Crippen LogP contribution in [0.15, 0.2) is 12.1 Å². The van der Waals surface area contributed by atoms with Crippen LogP contribution in [0.2, 0.25) is 0 Å². The fourth-order valence-corrected chi connectivity index (χ4v) is 3.12. The predicted molar refractivity (Wildman–Crippen MR) is 76.1 cm³/mol. The van der Waals surface area contributed by atoms with Gasteiger partial charge in [-0.15, -0.1) is 0 Å². The number of rotatable bonds is 2. The Kier molecular flexibility index (Phi) is 3.65. The molecule has 1 atom stereocenters. The van der Waals surface area contributed by atoms with Gasteiger partial charge in [0.2, 0.25) is 0 Å². The van der Waals surface area contributed by atoms with Crippen LogP contribution in [0, 0.1) is 0 Å². The first-order chi connectivity index (χ1) is 9.27. The van der Waals surface area contributed by atoms with E-state index < -0.39 is 0 Å². The Morgan fingerprint density at radius 1 is 1.16 bits per heavy atom. The molecule has 3 heteroatoms. The fraction of sp³-hybridized carbons (Fsp3) is 0.625. The zero-order valence-corrected chi connectivity index (χ0v) is 11.9. The molecule has 0 aromatic heterocycles. The lowest BCUT2D eigenvalue weighted by Gasteiger charge is -2.22. The van der Waals surface area contributed by atoms with Crippen molar-refractivity contribution >= 4 is 0 Å². The Bertz CT molecular complexity index is 450. The molecule has 1 aromatic rings. The molecule has 0 saturated carbocycles. The standard InChI is InChI=1S/C16H23NO2/c1-11(2)15-12(13-5-3-8-17-13)6-7-14-16(15)19-10-4-9-18-14/h6-7,11,13,17H,3-5,8-10H2,1-2H3. The molecular formula is C16H23NO2. The maximum atomic E-state index is 5.99. The van der Waals surface area contributed by atoms with Crippen LogP contribution in [0.25, 0.3) is 0 Å². The molecule has 1 unspecified atom stereocenters. The predicted octanol–water partition coefficient (Wildman–Crippen LogP) is 3.40. The molecule has 0 amide bonds. The van der Waals surface area contributed by atoms with Crippen molar-refractivity contribution in [1.82, 2.24) is 5.32 Å². The minimum Gasteiger partial charge on any atom is -0.490 e. The second kappa shape index (κ2) is 5.41. The molecule has 2 heterocycles. The highest BCUT2D eigenvalue weighted by Crippen LogP contribution is 2.42. The van der Waals surface area contributed by atoms with Gasteiger partial charge in [-0.2, -0.15) is 0 Å². The second-order valence-corrected chi connectivity index (χ2v) is 5.75. The molecule has 1 N–H and O–H groups in total. The third kappa shape index (κ3) is 2.44. The van der Waals surface area contributed by atoms with E-state index in [0.29, 0.717) is 12.0 Å². The van der Waals surface area contributed by atoms with Crippen molar-refractivity contribution in [3.63, 3.8) is 0 Å². The van der Waals surface area contributed by atoms with Crippen molar-refractivity contribution < 1.29 is 9.47 Å². The first kappa shape index (κ1) is 12.8.